The second-order valence-electron chi connectivity index (χ2n) is 1.05. The molecule has 11 heavy (non-hydrogen) atoms. The molecule has 0 unspecified atom stereocenters. The first kappa shape index (κ1) is 17.4. The van der Waals surface area contributed by atoms with Crippen molar-refractivity contribution < 1.29 is 29.1 Å². The summed E-state index contributed by atoms with van der Waals surface area (Å²) in [6.45, 7) is 0. The monoisotopic (exact) mass is 246 g/mol. The van der Waals surface area contributed by atoms with Gasteiger partial charge in [-0.25, -0.2) is 0 Å². The molecule has 4 N–H and O–H groups in total. The van der Waals surface area contributed by atoms with Crippen molar-refractivity contribution in [3.63, 3.8) is 0 Å². The van der Waals surface area contributed by atoms with Crippen molar-refractivity contribution in [2.75, 3.05) is 12.5 Å². The van der Waals surface area contributed by atoms with E-state index in [0.717, 1.165) is 23.5 Å². The molecule has 0 heterocycles. The van der Waals surface area contributed by atoms with Gasteiger partial charge in [0.1, 0.15) is 0 Å². The van der Waals surface area contributed by atoms with Gasteiger partial charge in [0.05, 0.1) is 0 Å². The number of rotatable bonds is 0. The number of primary amides is 2. The van der Waals surface area contributed by atoms with E-state index in [-0.39, 0.29) is 30.0 Å². The van der Waals surface area contributed by atoms with Crippen LogP contribution in [0.2, 0.25) is 0 Å². The molecule has 0 aliphatic rings. The average Bonchev–Trinajstić information content (AvgIpc) is 1.89. The molecule has 7 heteroatoms. The fourth-order valence-corrected chi connectivity index (χ4v) is 0. The molecule has 0 aliphatic heterocycles. The van der Waals surface area contributed by atoms with Crippen LogP contribution in [0.15, 0.2) is 0 Å². The maximum atomic E-state index is 9.55. The number of thioether (sulfide) groups is 2. The van der Waals surface area contributed by atoms with Gasteiger partial charge in [0, 0.05) is 0 Å². The Balaban J connectivity index is -0.000000107. The van der Waals surface area contributed by atoms with E-state index in [1.54, 1.807) is 12.5 Å². The largest absolute Gasteiger partial charge is 2.00 e. The Hall–Kier alpha value is 0.263. The summed E-state index contributed by atoms with van der Waals surface area (Å²) >= 11 is 2.04. The molecule has 0 bridgehead atoms. The summed E-state index contributed by atoms with van der Waals surface area (Å²) in [5.41, 5.74) is 9.23. The van der Waals surface area contributed by atoms with Crippen molar-refractivity contribution in [2.24, 2.45) is 11.5 Å². The Labute approximate surface area is 87.0 Å². The smallest absolute Gasteiger partial charge is 0.361 e. The standard InChI is InChI=1S/2C2H5NOS.Zn/c2*1-5-2(3)4;/h2*1H3,(H2,3,4);/q;;+2. The number of hydrogen-bond donors (Lipinski definition) is 2. The fourth-order valence-electron chi connectivity index (χ4n) is 0. The second-order valence-corrected chi connectivity index (χ2v) is 2.67. The van der Waals surface area contributed by atoms with Gasteiger partial charge < -0.3 is 11.5 Å². The molecule has 0 aromatic rings. The van der Waals surface area contributed by atoms with Crippen LogP contribution in [-0.4, -0.2) is 23.0 Å². The van der Waals surface area contributed by atoms with E-state index in [4.69, 9.17) is 0 Å². The molecule has 2 amide bonds. The van der Waals surface area contributed by atoms with Crippen molar-refractivity contribution in [3.8, 4) is 0 Å². The summed E-state index contributed by atoms with van der Waals surface area (Å²) in [4.78, 5) is 19.1. The molecule has 0 aliphatic carbocycles. The Morgan fingerprint density at radius 1 is 1.00 bits per heavy atom. The van der Waals surface area contributed by atoms with E-state index in [2.05, 4.69) is 11.5 Å². The predicted octanol–water partition coefficient (Wildman–Crippen LogP) is 0.854. The third-order valence-electron chi connectivity index (χ3n) is 0.402. The minimum absolute atomic E-state index is 0. The Bertz CT molecular complexity index is 109. The number of carbonyl (C=O) groups is 2. The van der Waals surface area contributed by atoms with E-state index >= 15 is 0 Å². The molecular weight excluding hydrogens is 238 g/mol. The van der Waals surface area contributed by atoms with Crippen molar-refractivity contribution >= 4 is 34.0 Å². The van der Waals surface area contributed by atoms with Crippen molar-refractivity contribution in [1.29, 1.82) is 0 Å². The Morgan fingerprint density at radius 2 is 1.09 bits per heavy atom. The zero-order chi connectivity index (χ0) is 8.57. The topological polar surface area (TPSA) is 86.2 Å². The second kappa shape index (κ2) is 12.9. The molecule has 0 rings (SSSR count). The first-order valence-electron chi connectivity index (χ1n) is 2.21. The summed E-state index contributed by atoms with van der Waals surface area (Å²) in [6.07, 6.45) is 3.28. The van der Waals surface area contributed by atoms with Crippen molar-refractivity contribution in [2.45, 2.75) is 0 Å². The zero-order valence-corrected chi connectivity index (χ0v) is 11.1. The van der Waals surface area contributed by atoms with Gasteiger partial charge in [-0.2, -0.15) is 0 Å². The maximum absolute atomic E-state index is 9.55. The van der Waals surface area contributed by atoms with E-state index in [0.29, 0.717) is 0 Å². The minimum atomic E-state index is -0.329. The third kappa shape index (κ3) is 38.6. The SMILES string of the molecule is CSC(N)=O.CSC(N)=O.[Zn+2]. The summed E-state index contributed by atoms with van der Waals surface area (Å²) in [5.74, 6) is 0. The molecule has 0 fully saturated rings. The van der Waals surface area contributed by atoms with Gasteiger partial charge >= 0.3 is 19.5 Å². The van der Waals surface area contributed by atoms with Crippen LogP contribution in [0, 0.1) is 0 Å². The van der Waals surface area contributed by atoms with Crippen LogP contribution in [0.1, 0.15) is 0 Å². The van der Waals surface area contributed by atoms with Gasteiger partial charge in [-0.15, -0.1) is 0 Å². The molecule has 0 aromatic carbocycles. The van der Waals surface area contributed by atoms with Gasteiger partial charge in [-0.1, -0.05) is 23.5 Å². The summed E-state index contributed by atoms with van der Waals surface area (Å²) in [7, 11) is 0. The summed E-state index contributed by atoms with van der Waals surface area (Å²) in [5, 5.41) is -0.657. The summed E-state index contributed by atoms with van der Waals surface area (Å²) in [6, 6.07) is 0. The van der Waals surface area contributed by atoms with Gasteiger partial charge in [-0.05, 0) is 12.5 Å². The van der Waals surface area contributed by atoms with Gasteiger partial charge in [0.15, 0.2) is 0 Å². The van der Waals surface area contributed by atoms with Crippen molar-refractivity contribution in [3.05, 3.63) is 0 Å². The predicted molar refractivity (Wildman–Crippen MR) is 46.2 cm³/mol. The maximum Gasteiger partial charge on any atom is 2.00 e. The van der Waals surface area contributed by atoms with E-state index in [1.807, 2.05) is 0 Å². The minimum Gasteiger partial charge on any atom is -0.361 e. The van der Waals surface area contributed by atoms with Gasteiger partial charge in [0.2, 0.25) is 0 Å². The normalized spacial score (nSPS) is 6.73. The van der Waals surface area contributed by atoms with Crippen molar-refractivity contribution in [1.82, 2.24) is 0 Å². The molecule has 0 spiro atoms. The molecular formula is C4H10N2O2S2Zn+2. The van der Waals surface area contributed by atoms with Crippen LogP contribution in [0.25, 0.3) is 0 Å². The van der Waals surface area contributed by atoms with Crippen LogP contribution in [0.3, 0.4) is 0 Å². The van der Waals surface area contributed by atoms with Crippen LogP contribution >= 0.6 is 23.5 Å². The van der Waals surface area contributed by atoms with Gasteiger partial charge in [-0.3, -0.25) is 9.59 Å². The number of hydrogen-bond acceptors (Lipinski definition) is 4. The average molecular weight is 248 g/mol. The third-order valence-corrected chi connectivity index (χ3v) is 1.21. The Kier molecular flexibility index (Phi) is 20.4. The molecule has 0 atom stereocenters. The summed E-state index contributed by atoms with van der Waals surface area (Å²) < 4.78 is 0. The van der Waals surface area contributed by atoms with E-state index in [9.17, 15) is 9.59 Å². The van der Waals surface area contributed by atoms with Crippen LogP contribution in [0.5, 0.6) is 0 Å². The number of nitrogens with two attached hydrogens (primary N) is 2. The van der Waals surface area contributed by atoms with Gasteiger partial charge in [0.25, 0.3) is 10.5 Å². The number of carbonyl (C=O) groups excluding carboxylic acids is 2. The van der Waals surface area contributed by atoms with Crippen LogP contribution < -0.4 is 11.5 Å². The van der Waals surface area contributed by atoms with E-state index < -0.39 is 0 Å². The fraction of sp³-hybridized carbons (Fsp3) is 0.500. The first-order chi connectivity index (χ1) is 4.54. The molecule has 0 saturated heterocycles. The van der Waals surface area contributed by atoms with Crippen LogP contribution in [-0.2, 0) is 19.5 Å². The molecule has 60 valence electrons. The first-order valence-corrected chi connectivity index (χ1v) is 4.66. The molecule has 0 saturated carbocycles. The van der Waals surface area contributed by atoms with E-state index in [1.165, 1.54) is 0 Å². The zero-order valence-electron chi connectivity index (χ0n) is 6.49. The molecule has 0 radical (unpaired) electrons. The quantitative estimate of drug-likeness (QED) is 0.622. The Morgan fingerprint density at radius 3 is 1.09 bits per heavy atom. The molecule has 0 aromatic heterocycles. The number of amides is 2. The molecule has 4 nitrogen and oxygen atoms in total. The van der Waals surface area contributed by atoms with Crippen LogP contribution in [0.4, 0.5) is 9.59 Å².